The molecule has 2 heterocycles. The lowest BCUT2D eigenvalue weighted by Gasteiger charge is -2.34. The van der Waals surface area contributed by atoms with E-state index in [9.17, 15) is 5.11 Å². The second kappa shape index (κ2) is 4.45. The van der Waals surface area contributed by atoms with Gasteiger partial charge in [0.2, 0.25) is 5.95 Å². The maximum atomic E-state index is 9.61. The van der Waals surface area contributed by atoms with Crippen LogP contribution in [0.5, 0.6) is 0 Å². The maximum Gasteiger partial charge on any atom is 0.225 e. The molecule has 0 amide bonds. The number of rotatable bonds is 1. The Hall–Kier alpha value is -0.680. The van der Waals surface area contributed by atoms with E-state index in [1.54, 1.807) is 12.4 Å². The van der Waals surface area contributed by atoms with Crippen LogP contribution in [-0.2, 0) is 0 Å². The lowest BCUT2D eigenvalue weighted by Crippen LogP contribution is -2.42. The van der Waals surface area contributed by atoms with Crippen molar-refractivity contribution in [1.82, 2.24) is 9.97 Å². The molecule has 82 valence electrons. The third-order valence-corrected chi connectivity index (χ3v) is 3.16. The zero-order chi connectivity index (χ0) is 10.8. The first-order chi connectivity index (χ1) is 7.16. The summed E-state index contributed by atoms with van der Waals surface area (Å²) in [5, 5.41) is 9.61. The average Bonchev–Trinajstić information content (AvgIpc) is 2.23. The third-order valence-electron chi connectivity index (χ3n) is 2.75. The average molecular weight is 272 g/mol. The van der Waals surface area contributed by atoms with Crippen LogP contribution in [0.2, 0.25) is 0 Å². The molecule has 0 aliphatic carbocycles. The minimum Gasteiger partial charge on any atom is -0.393 e. The Kier molecular flexibility index (Phi) is 3.21. The minimum absolute atomic E-state index is 0.184. The Morgan fingerprint density at radius 3 is 2.73 bits per heavy atom. The van der Waals surface area contributed by atoms with E-state index in [-0.39, 0.29) is 12.0 Å². The minimum atomic E-state index is -0.184. The van der Waals surface area contributed by atoms with Crippen molar-refractivity contribution in [3.05, 3.63) is 16.9 Å². The summed E-state index contributed by atoms with van der Waals surface area (Å²) in [5.41, 5.74) is 0. The first-order valence-corrected chi connectivity index (χ1v) is 5.86. The van der Waals surface area contributed by atoms with Crippen molar-refractivity contribution < 1.29 is 5.11 Å². The van der Waals surface area contributed by atoms with E-state index in [1.165, 1.54) is 0 Å². The van der Waals surface area contributed by atoms with Crippen molar-refractivity contribution >= 4 is 21.9 Å². The van der Waals surface area contributed by atoms with Gasteiger partial charge in [-0.3, -0.25) is 0 Å². The molecule has 2 unspecified atom stereocenters. The topological polar surface area (TPSA) is 49.2 Å². The van der Waals surface area contributed by atoms with Crippen LogP contribution < -0.4 is 4.90 Å². The van der Waals surface area contributed by atoms with Gasteiger partial charge in [0.15, 0.2) is 0 Å². The largest absolute Gasteiger partial charge is 0.393 e. The highest BCUT2D eigenvalue weighted by Gasteiger charge is 2.25. The fourth-order valence-electron chi connectivity index (χ4n) is 1.78. The zero-order valence-corrected chi connectivity index (χ0v) is 10.2. The summed E-state index contributed by atoms with van der Waals surface area (Å²) in [7, 11) is 0. The molecule has 15 heavy (non-hydrogen) atoms. The molecule has 0 bridgehead atoms. The summed E-state index contributed by atoms with van der Waals surface area (Å²) >= 11 is 3.31. The molecule has 2 rings (SSSR count). The molecule has 1 fully saturated rings. The predicted octanol–water partition coefficient (Wildman–Crippen LogP) is 1.45. The summed E-state index contributed by atoms with van der Waals surface area (Å²) in [6.45, 7) is 3.70. The number of nitrogens with zero attached hydrogens (tertiary/aromatic N) is 3. The van der Waals surface area contributed by atoms with E-state index in [2.05, 4.69) is 37.7 Å². The van der Waals surface area contributed by atoms with Crippen molar-refractivity contribution in [3.63, 3.8) is 0 Å². The number of aliphatic hydroxyl groups excluding tert-OH is 1. The van der Waals surface area contributed by atoms with Crippen molar-refractivity contribution in [2.24, 2.45) is 5.92 Å². The van der Waals surface area contributed by atoms with Gasteiger partial charge in [-0.25, -0.2) is 9.97 Å². The maximum absolute atomic E-state index is 9.61. The Morgan fingerprint density at radius 2 is 2.13 bits per heavy atom. The lowest BCUT2D eigenvalue weighted by atomic mass is 9.97. The van der Waals surface area contributed by atoms with Crippen molar-refractivity contribution in [3.8, 4) is 0 Å². The van der Waals surface area contributed by atoms with Crippen LogP contribution in [0.4, 0.5) is 5.95 Å². The smallest absolute Gasteiger partial charge is 0.225 e. The summed E-state index contributed by atoms with van der Waals surface area (Å²) in [6.07, 6.45) is 4.10. The van der Waals surface area contributed by atoms with E-state index in [1.807, 2.05) is 0 Å². The van der Waals surface area contributed by atoms with Gasteiger partial charge in [-0.1, -0.05) is 6.92 Å². The summed E-state index contributed by atoms with van der Waals surface area (Å²) in [4.78, 5) is 10.6. The highest BCUT2D eigenvalue weighted by atomic mass is 79.9. The summed E-state index contributed by atoms with van der Waals surface area (Å²) < 4.78 is 0.886. The van der Waals surface area contributed by atoms with Gasteiger partial charge in [-0.15, -0.1) is 0 Å². The second-order valence-electron chi connectivity index (χ2n) is 3.98. The molecule has 4 nitrogen and oxygen atoms in total. The van der Waals surface area contributed by atoms with E-state index in [0.717, 1.165) is 29.9 Å². The van der Waals surface area contributed by atoms with Crippen LogP contribution in [0.1, 0.15) is 13.3 Å². The van der Waals surface area contributed by atoms with Gasteiger partial charge in [0.25, 0.3) is 0 Å². The molecule has 0 radical (unpaired) electrons. The number of aliphatic hydroxyl groups is 1. The van der Waals surface area contributed by atoms with E-state index >= 15 is 0 Å². The molecular formula is C10H14BrN3O. The zero-order valence-electron chi connectivity index (χ0n) is 8.60. The number of halogens is 1. The first kappa shape index (κ1) is 10.8. The van der Waals surface area contributed by atoms with E-state index in [0.29, 0.717) is 0 Å². The third kappa shape index (κ3) is 2.46. The summed E-state index contributed by atoms with van der Waals surface area (Å²) in [6, 6.07) is 0. The standard InChI is InChI=1S/C10H14BrN3O/c1-7-6-14(3-2-9(7)15)10-12-4-8(11)5-13-10/h4-5,7,9,15H,2-3,6H2,1H3. The highest BCUT2D eigenvalue weighted by molar-refractivity contribution is 9.10. The predicted molar refractivity (Wildman–Crippen MR) is 61.7 cm³/mol. The molecule has 5 heteroatoms. The molecule has 1 N–H and O–H groups in total. The first-order valence-electron chi connectivity index (χ1n) is 5.07. The fraction of sp³-hybridized carbons (Fsp3) is 0.600. The Balaban J connectivity index is 2.08. The fourth-order valence-corrected chi connectivity index (χ4v) is 1.99. The molecule has 2 atom stereocenters. The van der Waals surface area contributed by atoms with Crippen LogP contribution in [-0.4, -0.2) is 34.3 Å². The van der Waals surface area contributed by atoms with E-state index in [4.69, 9.17) is 0 Å². The van der Waals surface area contributed by atoms with Gasteiger partial charge in [0.1, 0.15) is 0 Å². The van der Waals surface area contributed by atoms with Crippen molar-refractivity contribution in [1.29, 1.82) is 0 Å². The van der Waals surface area contributed by atoms with E-state index < -0.39 is 0 Å². The normalized spacial score (nSPS) is 26.7. The highest BCUT2D eigenvalue weighted by Crippen LogP contribution is 2.20. The van der Waals surface area contributed by atoms with Crippen LogP contribution in [0.3, 0.4) is 0 Å². The van der Waals surface area contributed by atoms with Crippen LogP contribution in [0.25, 0.3) is 0 Å². The molecule has 0 saturated carbocycles. The lowest BCUT2D eigenvalue weighted by molar-refractivity contribution is 0.0966. The summed E-state index contributed by atoms with van der Waals surface area (Å²) in [5.74, 6) is 1.03. The van der Waals surface area contributed by atoms with Crippen molar-refractivity contribution in [2.45, 2.75) is 19.4 Å². The molecule has 1 aliphatic heterocycles. The molecular weight excluding hydrogens is 258 g/mol. The molecule has 1 saturated heterocycles. The van der Waals surface area contributed by atoms with Crippen molar-refractivity contribution in [2.75, 3.05) is 18.0 Å². The second-order valence-corrected chi connectivity index (χ2v) is 4.90. The number of anilines is 1. The Labute approximate surface area is 97.5 Å². The quantitative estimate of drug-likeness (QED) is 0.840. The van der Waals surface area contributed by atoms with Gasteiger partial charge in [0, 0.05) is 25.5 Å². The molecule has 1 aliphatic rings. The number of piperidine rings is 1. The van der Waals surface area contributed by atoms with Gasteiger partial charge in [0.05, 0.1) is 10.6 Å². The molecule has 1 aromatic rings. The van der Waals surface area contributed by atoms with Gasteiger partial charge in [-0.2, -0.15) is 0 Å². The number of aromatic nitrogens is 2. The molecule has 0 aromatic carbocycles. The Morgan fingerprint density at radius 1 is 1.47 bits per heavy atom. The molecule has 0 spiro atoms. The monoisotopic (exact) mass is 271 g/mol. The number of hydrogen-bond donors (Lipinski definition) is 1. The Bertz CT molecular complexity index is 330. The van der Waals surface area contributed by atoms with Crippen LogP contribution in [0, 0.1) is 5.92 Å². The van der Waals surface area contributed by atoms with Gasteiger partial charge >= 0.3 is 0 Å². The molecule has 1 aromatic heterocycles. The van der Waals surface area contributed by atoms with Gasteiger partial charge in [-0.05, 0) is 28.3 Å². The van der Waals surface area contributed by atoms with Gasteiger partial charge < -0.3 is 10.0 Å². The van der Waals surface area contributed by atoms with Crippen LogP contribution >= 0.6 is 15.9 Å². The number of hydrogen-bond acceptors (Lipinski definition) is 4. The SMILES string of the molecule is CC1CN(c2ncc(Br)cn2)CCC1O. The van der Waals surface area contributed by atoms with Crippen LogP contribution in [0.15, 0.2) is 16.9 Å².